The molecule has 3 heterocycles. The molecule has 1 saturated heterocycles. The lowest BCUT2D eigenvalue weighted by Crippen LogP contribution is -2.46. The van der Waals surface area contributed by atoms with Crippen LogP contribution in [0.2, 0.25) is 10.0 Å². The molecule has 3 aromatic rings. The van der Waals surface area contributed by atoms with Crippen LogP contribution < -0.4 is 4.90 Å². The Labute approximate surface area is 184 Å². The van der Waals surface area contributed by atoms with Crippen molar-refractivity contribution in [2.24, 2.45) is 16.7 Å². The van der Waals surface area contributed by atoms with E-state index in [4.69, 9.17) is 32.9 Å². The topological polar surface area (TPSA) is 60.2 Å². The van der Waals surface area contributed by atoms with Crippen molar-refractivity contribution < 1.29 is 9.53 Å². The highest BCUT2D eigenvalue weighted by Crippen LogP contribution is 2.75. The summed E-state index contributed by atoms with van der Waals surface area (Å²) >= 11 is 12.8. The van der Waals surface area contributed by atoms with Crippen LogP contribution in [0.5, 0.6) is 0 Å². The molecule has 5 rings (SSSR count). The van der Waals surface area contributed by atoms with Gasteiger partial charge >= 0.3 is 5.97 Å². The van der Waals surface area contributed by atoms with E-state index in [0.29, 0.717) is 27.3 Å². The first-order valence-corrected chi connectivity index (χ1v) is 10.6. The van der Waals surface area contributed by atoms with Crippen molar-refractivity contribution >= 4 is 45.9 Å². The van der Waals surface area contributed by atoms with Crippen LogP contribution in [0.1, 0.15) is 20.8 Å². The van der Waals surface area contributed by atoms with Gasteiger partial charge in [-0.25, -0.2) is 14.8 Å². The number of hydrogen-bond acceptors (Lipinski definition) is 5. The number of anilines is 1. The van der Waals surface area contributed by atoms with Crippen molar-refractivity contribution in [1.82, 2.24) is 14.5 Å². The van der Waals surface area contributed by atoms with Crippen molar-refractivity contribution in [3.8, 4) is 5.69 Å². The molecule has 2 fully saturated rings. The van der Waals surface area contributed by atoms with Crippen LogP contribution in [0.3, 0.4) is 0 Å². The number of nitrogens with zero attached hydrogens (tertiary/aromatic N) is 4. The fraction of sp³-hybridized carbons (Fsp3) is 0.409. The summed E-state index contributed by atoms with van der Waals surface area (Å²) in [6.45, 7) is 7.32. The van der Waals surface area contributed by atoms with E-state index in [2.05, 4.69) is 30.7 Å². The molecule has 3 atom stereocenters. The molecule has 30 heavy (non-hydrogen) atoms. The van der Waals surface area contributed by atoms with Gasteiger partial charge in [0.15, 0.2) is 0 Å². The van der Waals surface area contributed by atoms with Crippen molar-refractivity contribution in [3.63, 3.8) is 0 Å². The van der Waals surface area contributed by atoms with Gasteiger partial charge in [-0.15, -0.1) is 0 Å². The smallest absolute Gasteiger partial charge is 0.329 e. The lowest BCUT2D eigenvalue weighted by atomic mass is 9.89. The van der Waals surface area contributed by atoms with Crippen LogP contribution in [0.15, 0.2) is 36.9 Å². The van der Waals surface area contributed by atoms with Gasteiger partial charge in [0.2, 0.25) is 0 Å². The van der Waals surface area contributed by atoms with E-state index in [9.17, 15) is 4.79 Å². The van der Waals surface area contributed by atoms with Gasteiger partial charge in [0, 0.05) is 35.8 Å². The third-order valence-corrected chi connectivity index (χ3v) is 8.29. The maximum Gasteiger partial charge on any atom is 0.329 e. The van der Waals surface area contributed by atoms with Crippen LogP contribution in [-0.4, -0.2) is 40.2 Å². The Morgan fingerprint density at radius 2 is 2.03 bits per heavy atom. The minimum absolute atomic E-state index is 0.0628. The number of fused-ring (bicyclic) bond motifs is 2. The zero-order valence-corrected chi connectivity index (χ0v) is 18.7. The number of ether oxygens (including phenoxy) is 1. The number of methoxy groups -OCH3 is 1. The van der Waals surface area contributed by atoms with E-state index in [1.165, 1.54) is 7.11 Å². The zero-order chi connectivity index (χ0) is 21.4. The number of halogens is 2. The van der Waals surface area contributed by atoms with E-state index < -0.39 is 6.04 Å². The van der Waals surface area contributed by atoms with E-state index in [1.54, 1.807) is 18.6 Å². The van der Waals surface area contributed by atoms with Gasteiger partial charge in [0.25, 0.3) is 0 Å². The average Bonchev–Trinajstić information content (AvgIpc) is 3.20. The van der Waals surface area contributed by atoms with Gasteiger partial charge < -0.3 is 14.2 Å². The highest BCUT2D eigenvalue weighted by molar-refractivity contribution is 6.45. The second-order valence-corrected chi connectivity index (χ2v) is 9.65. The maximum absolute atomic E-state index is 12.9. The molecule has 8 heteroatoms. The maximum atomic E-state index is 12.9. The zero-order valence-electron chi connectivity index (χ0n) is 17.2. The Kier molecular flexibility index (Phi) is 4.15. The summed E-state index contributed by atoms with van der Waals surface area (Å²) in [4.78, 5) is 24.0. The lowest BCUT2D eigenvalue weighted by Gasteiger charge is -2.34. The SMILES string of the molecule is COC(=O)[C@H]1N(c2cc(-n3ccnc3)c3ccc(Cl)c(Cl)c3n2)C[C@@H]2C(C)(C)C21C. The largest absolute Gasteiger partial charge is 0.467 e. The van der Waals surface area contributed by atoms with E-state index in [0.717, 1.165) is 17.6 Å². The van der Waals surface area contributed by atoms with E-state index >= 15 is 0 Å². The summed E-state index contributed by atoms with van der Waals surface area (Å²) < 4.78 is 7.11. The quantitative estimate of drug-likeness (QED) is 0.545. The summed E-state index contributed by atoms with van der Waals surface area (Å²) in [6, 6.07) is 5.23. The molecule has 1 unspecified atom stereocenters. The highest BCUT2D eigenvalue weighted by atomic mass is 35.5. The molecule has 0 bridgehead atoms. The second-order valence-electron chi connectivity index (χ2n) is 8.86. The van der Waals surface area contributed by atoms with Crippen molar-refractivity contribution in [2.75, 3.05) is 18.6 Å². The molecular formula is C22H22Cl2N4O2. The Morgan fingerprint density at radius 3 is 2.70 bits per heavy atom. The first-order chi connectivity index (χ1) is 14.2. The Morgan fingerprint density at radius 1 is 1.27 bits per heavy atom. The highest BCUT2D eigenvalue weighted by Gasteiger charge is 2.78. The van der Waals surface area contributed by atoms with Crippen molar-refractivity contribution in [2.45, 2.75) is 26.8 Å². The summed E-state index contributed by atoms with van der Waals surface area (Å²) in [5.74, 6) is 0.807. The van der Waals surface area contributed by atoms with Crippen molar-refractivity contribution in [3.05, 3.63) is 47.0 Å². The fourth-order valence-electron chi connectivity index (χ4n) is 5.40. The van der Waals surface area contributed by atoms with Gasteiger partial charge in [-0.2, -0.15) is 0 Å². The van der Waals surface area contributed by atoms with Gasteiger partial charge in [0.05, 0.1) is 34.7 Å². The number of piperidine rings is 1. The lowest BCUT2D eigenvalue weighted by molar-refractivity contribution is -0.143. The first kappa shape index (κ1) is 19.6. The van der Waals surface area contributed by atoms with E-state index in [1.807, 2.05) is 22.9 Å². The van der Waals surface area contributed by atoms with Gasteiger partial charge in [-0.05, 0) is 23.5 Å². The van der Waals surface area contributed by atoms with Crippen LogP contribution in [0, 0.1) is 16.7 Å². The third-order valence-electron chi connectivity index (χ3n) is 7.50. The average molecular weight is 445 g/mol. The number of esters is 1. The van der Waals surface area contributed by atoms with Crippen LogP contribution in [0.25, 0.3) is 16.6 Å². The molecule has 6 nitrogen and oxygen atoms in total. The summed E-state index contributed by atoms with van der Waals surface area (Å²) in [5, 5.41) is 1.69. The molecule has 0 amide bonds. The number of carbonyl (C=O) groups is 1. The summed E-state index contributed by atoms with van der Waals surface area (Å²) in [6.07, 6.45) is 5.31. The number of carbonyl (C=O) groups excluding carboxylic acids is 1. The van der Waals surface area contributed by atoms with Crippen LogP contribution >= 0.6 is 23.2 Å². The first-order valence-electron chi connectivity index (χ1n) is 9.83. The van der Waals surface area contributed by atoms with Crippen LogP contribution in [0.4, 0.5) is 5.82 Å². The van der Waals surface area contributed by atoms with E-state index in [-0.39, 0.29) is 16.8 Å². The minimum atomic E-state index is -0.416. The normalized spacial score (nSPS) is 26.7. The van der Waals surface area contributed by atoms with Gasteiger partial charge in [0.1, 0.15) is 11.9 Å². The molecule has 0 N–H and O–H groups in total. The number of rotatable bonds is 3. The Bertz CT molecular complexity index is 1180. The molecule has 0 radical (unpaired) electrons. The van der Waals surface area contributed by atoms with Crippen LogP contribution in [-0.2, 0) is 9.53 Å². The fourth-order valence-corrected chi connectivity index (χ4v) is 5.76. The Hall–Kier alpha value is -2.31. The molecule has 2 aliphatic rings. The summed E-state index contributed by atoms with van der Waals surface area (Å²) in [7, 11) is 1.44. The Balaban J connectivity index is 1.72. The number of pyridine rings is 1. The number of hydrogen-bond donors (Lipinski definition) is 0. The summed E-state index contributed by atoms with van der Waals surface area (Å²) in [5.41, 5.74) is 1.36. The minimum Gasteiger partial charge on any atom is -0.467 e. The molecule has 2 aromatic heterocycles. The number of aromatic nitrogens is 3. The molecular weight excluding hydrogens is 423 g/mol. The molecule has 1 aromatic carbocycles. The number of benzene rings is 1. The monoisotopic (exact) mass is 444 g/mol. The predicted molar refractivity (Wildman–Crippen MR) is 117 cm³/mol. The molecule has 1 aliphatic carbocycles. The standard InChI is InChI=1S/C22H22Cl2N4O2/c1-21(2)15-10-28(19(20(29)30-4)22(15,21)3)16-9-14(27-8-7-25-11-27)12-5-6-13(23)17(24)18(12)26-16/h5-9,11,15,19H,10H2,1-4H3/t15-,19-,22?/m1/s1. The predicted octanol–water partition coefficient (Wildman–Crippen LogP) is 4.75. The molecule has 1 saturated carbocycles. The molecule has 0 spiro atoms. The molecule has 156 valence electrons. The van der Waals surface area contributed by atoms with Gasteiger partial charge in [-0.3, -0.25) is 0 Å². The second kappa shape index (κ2) is 6.34. The molecule has 1 aliphatic heterocycles. The van der Waals surface area contributed by atoms with Crippen molar-refractivity contribution in [1.29, 1.82) is 0 Å². The third kappa shape index (κ3) is 2.41. The number of imidazole rings is 1. The van der Waals surface area contributed by atoms with Gasteiger partial charge in [-0.1, -0.05) is 44.0 Å².